The van der Waals surface area contributed by atoms with Gasteiger partial charge in [-0.2, -0.15) is 0 Å². The van der Waals surface area contributed by atoms with Crippen LogP contribution in [0.1, 0.15) is 36.5 Å². The van der Waals surface area contributed by atoms with Gasteiger partial charge in [0.2, 0.25) is 5.91 Å². The number of amides is 1. The lowest BCUT2D eigenvalue weighted by atomic mass is 9.81. The Balaban J connectivity index is 0.00000242. The molecule has 2 atom stereocenters. The predicted octanol–water partition coefficient (Wildman–Crippen LogP) is 5.50. The van der Waals surface area contributed by atoms with Crippen molar-refractivity contribution >= 4 is 30.7 Å². The zero-order valence-electron chi connectivity index (χ0n) is 24.9. The summed E-state index contributed by atoms with van der Waals surface area (Å²) in [5.41, 5.74) is 3.64. The smallest absolute Gasteiger partial charge is 0.219 e. The van der Waals surface area contributed by atoms with Gasteiger partial charge in [0.15, 0.2) is 0 Å². The maximum absolute atomic E-state index is 12.4. The second-order valence-electron chi connectivity index (χ2n) is 10.7. The van der Waals surface area contributed by atoms with Crippen LogP contribution in [0.25, 0.3) is 0 Å². The number of benzene rings is 3. The summed E-state index contributed by atoms with van der Waals surface area (Å²) in [6.45, 7) is 9.02. The molecule has 228 valence electrons. The van der Waals surface area contributed by atoms with E-state index in [9.17, 15) is 4.79 Å². The summed E-state index contributed by atoms with van der Waals surface area (Å²) >= 11 is 0. The normalized spacial score (nSPS) is 18.8. The maximum atomic E-state index is 12.4. The number of carbonyl (C=O) groups excluding carboxylic acids is 1. The number of methoxy groups -OCH3 is 2. The van der Waals surface area contributed by atoms with Crippen LogP contribution in [-0.4, -0.2) is 86.2 Å². The van der Waals surface area contributed by atoms with Crippen LogP contribution in [0.15, 0.2) is 72.8 Å². The van der Waals surface area contributed by atoms with E-state index in [2.05, 4.69) is 70.5 Å². The Hall–Kier alpha value is -2.97. The van der Waals surface area contributed by atoms with Gasteiger partial charge in [-0.25, -0.2) is 0 Å². The van der Waals surface area contributed by atoms with Gasteiger partial charge in [-0.05, 0) is 18.1 Å². The lowest BCUT2D eigenvalue weighted by Crippen LogP contribution is -2.67. The van der Waals surface area contributed by atoms with Crippen LogP contribution >= 0.6 is 24.8 Å². The Morgan fingerprint density at radius 3 is 2.02 bits per heavy atom. The third-order valence-electron chi connectivity index (χ3n) is 8.29. The maximum Gasteiger partial charge on any atom is 0.219 e. The van der Waals surface area contributed by atoms with Crippen LogP contribution in [0, 0.1) is 0 Å². The van der Waals surface area contributed by atoms with Crippen molar-refractivity contribution in [3.8, 4) is 17.2 Å². The zero-order valence-corrected chi connectivity index (χ0v) is 26.5. The van der Waals surface area contributed by atoms with Gasteiger partial charge in [-0.1, -0.05) is 60.7 Å². The van der Waals surface area contributed by atoms with Crippen molar-refractivity contribution in [2.24, 2.45) is 0 Å². The molecule has 0 aromatic heterocycles. The molecule has 7 nitrogen and oxygen atoms in total. The number of carbonyl (C=O) groups is 1. The Morgan fingerprint density at radius 1 is 0.857 bits per heavy atom. The highest BCUT2D eigenvalue weighted by Gasteiger charge is 2.43. The van der Waals surface area contributed by atoms with Gasteiger partial charge in [0, 0.05) is 76.3 Å². The van der Waals surface area contributed by atoms with Gasteiger partial charge in [-0.15, -0.1) is 24.8 Å². The number of halogens is 2. The van der Waals surface area contributed by atoms with Crippen LogP contribution < -0.4 is 14.2 Å². The number of hydrogen-bond acceptors (Lipinski definition) is 6. The van der Waals surface area contributed by atoms with E-state index in [0.717, 1.165) is 49.8 Å². The highest BCUT2D eigenvalue weighted by atomic mass is 35.5. The van der Waals surface area contributed by atoms with E-state index in [1.165, 1.54) is 11.1 Å². The first-order chi connectivity index (χ1) is 19.5. The molecule has 9 heteroatoms. The van der Waals surface area contributed by atoms with Crippen LogP contribution in [0.5, 0.6) is 17.2 Å². The van der Waals surface area contributed by atoms with Gasteiger partial charge < -0.3 is 19.1 Å². The molecule has 0 saturated carbocycles. The van der Waals surface area contributed by atoms with Crippen LogP contribution in [0.4, 0.5) is 0 Å². The number of rotatable bonds is 9. The lowest BCUT2D eigenvalue weighted by Gasteiger charge is -2.53. The molecule has 1 amide bonds. The van der Waals surface area contributed by atoms with Gasteiger partial charge in [0.1, 0.15) is 17.2 Å². The Morgan fingerprint density at radius 2 is 1.48 bits per heavy atom. The van der Waals surface area contributed by atoms with E-state index in [-0.39, 0.29) is 48.7 Å². The second-order valence-corrected chi connectivity index (χ2v) is 10.7. The summed E-state index contributed by atoms with van der Waals surface area (Å²) in [6, 6.07) is 26.0. The van der Waals surface area contributed by atoms with Crippen molar-refractivity contribution in [1.29, 1.82) is 0 Å². The monoisotopic (exact) mass is 615 g/mol. The van der Waals surface area contributed by atoms with Crippen LogP contribution in [0.2, 0.25) is 0 Å². The van der Waals surface area contributed by atoms with Gasteiger partial charge in [0.05, 0.1) is 26.4 Å². The molecule has 0 spiro atoms. The minimum Gasteiger partial charge on any atom is -0.496 e. The predicted molar refractivity (Wildman–Crippen MR) is 172 cm³/mol. The Labute approximate surface area is 262 Å². The van der Waals surface area contributed by atoms with Crippen LogP contribution in [0.3, 0.4) is 0 Å². The fourth-order valence-electron chi connectivity index (χ4n) is 6.44. The van der Waals surface area contributed by atoms with E-state index >= 15 is 0 Å². The Kier molecular flexibility index (Phi) is 12.4. The second kappa shape index (κ2) is 15.5. The van der Waals surface area contributed by atoms with Crippen molar-refractivity contribution in [2.45, 2.75) is 38.4 Å². The summed E-state index contributed by atoms with van der Waals surface area (Å²) in [4.78, 5) is 19.6. The number of nitrogens with zero attached hydrogens (tertiary/aromatic N) is 3. The Bertz CT molecular complexity index is 1240. The van der Waals surface area contributed by atoms with E-state index in [4.69, 9.17) is 14.2 Å². The summed E-state index contributed by atoms with van der Waals surface area (Å²) in [5.74, 6) is 2.60. The number of piperazine rings is 2. The van der Waals surface area contributed by atoms with Crippen molar-refractivity contribution in [3.05, 3.63) is 89.5 Å². The van der Waals surface area contributed by atoms with Crippen LogP contribution in [-0.2, 0) is 11.3 Å². The van der Waals surface area contributed by atoms with E-state index in [0.29, 0.717) is 18.9 Å². The molecule has 2 aliphatic rings. The molecule has 0 N–H and O–H groups in total. The zero-order chi connectivity index (χ0) is 28.1. The molecular weight excluding hydrogens is 573 g/mol. The van der Waals surface area contributed by atoms with E-state index < -0.39 is 0 Å². The highest BCUT2D eigenvalue weighted by molar-refractivity contribution is 5.85. The fourth-order valence-corrected chi connectivity index (χ4v) is 6.44. The third-order valence-corrected chi connectivity index (χ3v) is 8.29. The van der Waals surface area contributed by atoms with Gasteiger partial charge in [-0.3, -0.25) is 14.6 Å². The summed E-state index contributed by atoms with van der Waals surface area (Å²) in [5, 5.41) is 0. The minimum absolute atomic E-state index is 0. The lowest BCUT2D eigenvalue weighted by molar-refractivity contribution is -0.134. The average Bonchev–Trinajstić information content (AvgIpc) is 2.99. The molecule has 2 aliphatic heterocycles. The summed E-state index contributed by atoms with van der Waals surface area (Å²) in [6.07, 6.45) is 0. The molecule has 3 aromatic carbocycles. The third kappa shape index (κ3) is 7.32. The molecule has 2 saturated heterocycles. The first-order valence-electron chi connectivity index (χ1n) is 14.2. The average molecular weight is 617 g/mol. The molecule has 0 radical (unpaired) electrons. The first-order valence-corrected chi connectivity index (χ1v) is 14.2. The molecule has 5 rings (SSSR count). The SMILES string of the molecule is CCOc1cc(OC)cc(OC)c1CN1C[C@@H]2CN(C(C)=O)CCN2[C@H](C(c2ccccc2)c2ccccc2)C1.Cl.Cl. The number of fused-ring (bicyclic) bond motifs is 1. The van der Waals surface area contributed by atoms with E-state index in [1.54, 1.807) is 21.1 Å². The molecule has 2 fully saturated rings. The van der Waals surface area contributed by atoms with Crippen molar-refractivity contribution in [3.63, 3.8) is 0 Å². The van der Waals surface area contributed by atoms with Crippen molar-refractivity contribution in [1.82, 2.24) is 14.7 Å². The van der Waals surface area contributed by atoms with Gasteiger partial charge in [0.25, 0.3) is 0 Å². The van der Waals surface area contributed by atoms with Crippen molar-refractivity contribution in [2.75, 3.05) is 53.6 Å². The molecule has 0 unspecified atom stereocenters. The summed E-state index contributed by atoms with van der Waals surface area (Å²) < 4.78 is 17.4. The topological polar surface area (TPSA) is 54.5 Å². The molecule has 0 aliphatic carbocycles. The molecule has 0 bridgehead atoms. The molecule has 2 heterocycles. The summed E-state index contributed by atoms with van der Waals surface area (Å²) in [7, 11) is 3.35. The minimum atomic E-state index is 0. The molecule has 3 aromatic rings. The van der Waals surface area contributed by atoms with E-state index in [1.807, 2.05) is 24.0 Å². The molecular formula is C33H43Cl2N3O4. The fraction of sp³-hybridized carbons (Fsp3) is 0.424. The number of ether oxygens (including phenoxy) is 3. The highest BCUT2D eigenvalue weighted by Crippen LogP contribution is 2.39. The van der Waals surface area contributed by atoms with Gasteiger partial charge >= 0.3 is 0 Å². The quantitative estimate of drug-likeness (QED) is 0.317. The van der Waals surface area contributed by atoms with Crippen molar-refractivity contribution < 1.29 is 19.0 Å². The standard InChI is InChI=1S/C33H41N3O4.2ClH/c1-5-40-32-19-28(38-3)18-31(39-4)29(32)22-34-20-27-21-35(24(2)37)16-17-36(27)30(23-34)33(25-12-8-6-9-13-25)26-14-10-7-11-15-26;;/h6-15,18-19,27,30,33H,5,16-17,20-23H2,1-4H3;2*1H/t27-,30+;;/m1../s1. The number of hydrogen-bond donors (Lipinski definition) is 0. The molecule has 42 heavy (non-hydrogen) atoms. The largest absolute Gasteiger partial charge is 0.496 e. The first kappa shape index (κ1) is 33.5.